The van der Waals surface area contributed by atoms with E-state index in [0.717, 1.165) is 17.5 Å². The molecular weight excluding hydrogens is 336 g/mol. The zero-order chi connectivity index (χ0) is 18.4. The van der Waals surface area contributed by atoms with Crippen molar-refractivity contribution in [2.24, 2.45) is 0 Å². The van der Waals surface area contributed by atoms with Gasteiger partial charge in [0, 0.05) is 18.2 Å². The summed E-state index contributed by atoms with van der Waals surface area (Å²) in [5, 5.41) is 2.90. The van der Waals surface area contributed by atoms with Gasteiger partial charge in [0.2, 0.25) is 10.0 Å². The van der Waals surface area contributed by atoms with Gasteiger partial charge in [-0.25, -0.2) is 13.1 Å². The maximum Gasteiger partial charge on any atom is 0.251 e. The zero-order valence-electron chi connectivity index (χ0n) is 14.7. The first-order valence-corrected chi connectivity index (χ1v) is 9.76. The van der Waals surface area contributed by atoms with E-state index >= 15 is 0 Å². The summed E-state index contributed by atoms with van der Waals surface area (Å²) in [6.45, 7) is 6.03. The van der Waals surface area contributed by atoms with Gasteiger partial charge < -0.3 is 5.32 Å². The molecule has 0 aliphatic rings. The number of rotatable bonds is 7. The van der Waals surface area contributed by atoms with Crippen molar-refractivity contribution in [2.75, 3.05) is 0 Å². The highest BCUT2D eigenvalue weighted by molar-refractivity contribution is 7.89. The lowest BCUT2D eigenvalue weighted by Gasteiger charge is -2.12. The van der Waals surface area contributed by atoms with Crippen LogP contribution < -0.4 is 10.0 Å². The second kappa shape index (κ2) is 8.27. The summed E-state index contributed by atoms with van der Waals surface area (Å²) >= 11 is 0. The molecule has 2 aromatic carbocycles. The minimum absolute atomic E-state index is 0.119. The largest absolute Gasteiger partial charge is 0.350 e. The normalized spacial score (nSPS) is 12.6. The fraction of sp³-hybridized carbons (Fsp3) is 0.316. The number of carbonyl (C=O) groups excluding carboxylic acids is 1. The van der Waals surface area contributed by atoms with Crippen molar-refractivity contribution in [2.45, 2.75) is 44.7 Å². The van der Waals surface area contributed by atoms with Gasteiger partial charge in [-0.15, -0.1) is 0 Å². The maximum atomic E-state index is 12.3. The van der Waals surface area contributed by atoms with Gasteiger partial charge in [-0.1, -0.05) is 36.8 Å². The van der Waals surface area contributed by atoms with Crippen LogP contribution in [0.5, 0.6) is 0 Å². The lowest BCUT2D eigenvalue weighted by atomic mass is 10.1. The number of hydrogen-bond acceptors (Lipinski definition) is 3. The predicted molar refractivity (Wildman–Crippen MR) is 98.9 cm³/mol. The van der Waals surface area contributed by atoms with Crippen molar-refractivity contribution < 1.29 is 13.2 Å². The quantitative estimate of drug-likeness (QED) is 0.797. The first kappa shape index (κ1) is 19.1. The first-order valence-electron chi connectivity index (χ1n) is 8.28. The van der Waals surface area contributed by atoms with Gasteiger partial charge in [0.05, 0.1) is 4.90 Å². The fourth-order valence-corrected chi connectivity index (χ4v) is 3.18. The van der Waals surface area contributed by atoms with Crippen LogP contribution in [0.4, 0.5) is 0 Å². The molecule has 0 saturated heterocycles. The van der Waals surface area contributed by atoms with E-state index < -0.39 is 10.0 Å². The second-order valence-corrected chi connectivity index (χ2v) is 7.88. The Morgan fingerprint density at radius 2 is 1.64 bits per heavy atom. The van der Waals surface area contributed by atoms with Gasteiger partial charge >= 0.3 is 0 Å². The Kier molecular flexibility index (Phi) is 6.33. The Labute approximate surface area is 149 Å². The molecule has 2 rings (SSSR count). The van der Waals surface area contributed by atoms with Crippen molar-refractivity contribution in [3.05, 3.63) is 65.2 Å². The van der Waals surface area contributed by atoms with Crippen molar-refractivity contribution in [1.29, 1.82) is 0 Å². The number of carbonyl (C=O) groups is 1. The van der Waals surface area contributed by atoms with Crippen molar-refractivity contribution >= 4 is 15.9 Å². The van der Waals surface area contributed by atoms with Crippen LogP contribution in [0.3, 0.4) is 0 Å². The molecule has 1 atom stereocenters. The molecule has 0 saturated carbocycles. The Balaban J connectivity index is 1.99. The Morgan fingerprint density at radius 1 is 1.04 bits per heavy atom. The molecule has 1 unspecified atom stereocenters. The summed E-state index contributed by atoms with van der Waals surface area (Å²) in [5.41, 5.74) is 2.35. The molecular formula is C19H24N2O3S. The van der Waals surface area contributed by atoms with Crippen molar-refractivity contribution in [3.63, 3.8) is 0 Å². The van der Waals surface area contributed by atoms with Gasteiger partial charge in [-0.05, 0) is 50.1 Å². The molecule has 0 aliphatic carbocycles. The molecule has 0 fully saturated rings. The average Bonchev–Trinajstić information content (AvgIpc) is 2.60. The Bertz CT molecular complexity index is 813. The van der Waals surface area contributed by atoms with Gasteiger partial charge in [0.25, 0.3) is 5.91 Å². The maximum absolute atomic E-state index is 12.3. The standard InChI is InChI=1S/C19H24N2O3S/c1-4-15(3)21-19(22)17-9-7-16(8-10-17)13-20-25(23,24)18-11-5-14(2)6-12-18/h5-12,15,20H,4,13H2,1-3H3,(H,21,22). The molecule has 0 bridgehead atoms. The number of aryl methyl sites for hydroxylation is 1. The summed E-state index contributed by atoms with van der Waals surface area (Å²) < 4.78 is 27.1. The van der Waals surface area contributed by atoms with E-state index in [1.165, 1.54) is 0 Å². The van der Waals surface area contributed by atoms with E-state index in [2.05, 4.69) is 10.0 Å². The Morgan fingerprint density at radius 3 is 2.20 bits per heavy atom. The molecule has 1 amide bonds. The van der Waals surface area contributed by atoms with Crippen LogP contribution in [0, 0.1) is 6.92 Å². The number of hydrogen-bond donors (Lipinski definition) is 2. The summed E-state index contributed by atoms with van der Waals surface area (Å²) in [6, 6.07) is 13.7. The molecule has 2 N–H and O–H groups in total. The molecule has 0 heterocycles. The van der Waals surface area contributed by atoms with Crippen LogP contribution >= 0.6 is 0 Å². The van der Waals surface area contributed by atoms with Crippen molar-refractivity contribution in [1.82, 2.24) is 10.0 Å². The second-order valence-electron chi connectivity index (χ2n) is 6.12. The monoisotopic (exact) mass is 360 g/mol. The van der Waals surface area contributed by atoms with Gasteiger partial charge in [-0.2, -0.15) is 0 Å². The molecule has 5 nitrogen and oxygen atoms in total. The topological polar surface area (TPSA) is 75.3 Å². The molecule has 0 spiro atoms. The molecule has 6 heteroatoms. The summed E-state index contributed by atoms with van der Waals surface area (Å²) in [4.78, 5) is 12.3. The number of amides is 1. The van der Waals surface area contributed by atoms with Gasteiger partial charge in [-0.3, -0.25) is 4.79 Å². The lowest BCUT2D eigenvalue weighted by molar-refractivity contribution is 0.0939. The molecule has 134 valence electrons. The molecule has 0 radical (unpaired) electrons. The number of nitrogens with one attached hydrogen (secondary N) is 2. The third kappa shape index (κ3) is 5.41. The van der Waals surface area contributed by atoms with Crippen LogP contribution in [0.25, 0.3) is 0 Å². The SMILES string of the molecule is CCC(C)NC(=O)c1ccc(CNS(=O)(=O)c2ccc(C)cc2)cc1. The predicted octanol–water partition coefficient (Wildman–Crippen LogP) is 3.00. The van der Waals surface area contributed by atoms with Crippen LogP contribution in [0.15, 0.2) is 53.4 Å². The lowest BCUT2D eigenvalue weighted by Crippen LogP contribution is -2.31. The van der Waals surface area contributed by atoms with Gasteiger partial charge in [0.15, 0.2) is 0 Å². The molecule has 0 aliphatic heterocycles. The summed E-state index contributed by atoms with van der Waals surface area (Å²) in [5.74, 6) is -0.124. The van der Waals surface area contributed by atoms with Crippen LogP contribution in [-0.4, -0.2) is 20.4 Å². The van der Waals surface area contributed by atoms with Crippen LogP contribution in [0.1, 0.15) is 41.8 Å². The average molecular weight is 360 g/mol. The highest BCUT2D eigenvalue weighted by Gasteiger charge is 2.13. The van der Waals surface area contributed by atoms with E-state index in [4.69, 9.17) is 0 Å². The van der Waals surface area contributed by atoms with E-state index in [-0.39, 0.29) is 23.4 Å². The number of benzene rings is 2. The van der Waals surface area contributed by atoms with E-state index in [1.807, 2.05) is 20.8 Å². The highest BCUT2D eigenvalue weighted by Crippen LogP contribution is 2.11. The smallest absolute Gasteiger partial charge is 0.251 e. The summed E-state index contributed by atoms with van der Waals surface area (Å²) in [7, 11) is -3.55. The minimum atomic E-state index is -3.55. The molecule has 2 aromatic rings. The van der Waals surface area contributed by atoms with E-state index in [0.29, 0.717) is 5.56 Å². The molecule has 25 heavy (non-hydrogen) atoms. The minimum Gasteiger partial charge on any atom is -0.350 e. The van der Waals surface area contributed by atoms with Gasteiger partial charge in [0.1, 0.15) is 0 Å². The molecule has 0 aromatic heterocycles. The fourth-order valence-electron chi connectivity index (χ4n) is 2.16. The third-order valence-corrected chi connectivity index (χ3v) is 5.42. The van der Waals surface area contributed by atoms with Crippen LogP contribution in [-0.2, 0) is 16.6 Å². The van der Waals surface area contributed by atoms with E-state index in [9.17, 15) is 13.2 Å². The first-order chi connectivity index (χ1) is 11.8. The zero-order valence-corrected chi connectivity index (χ0v) is 15.6. The number of sulfonamides is 1. The van der Waals surface area contributed by atoms with Crippen molar-refractivity contribution in [3.8, 4) is 0 Å². The summed E-state index contributed by atoms with van der Waals surface area (Å²) in [6.07, 6.45) is 0.866. The van der Waals surface area contributed by atoms with Crippen LogP contribution in [0.2, 0.25) is 0 Å². The van der Waals surface area contributed by atoms with E-state index in [1.54, 1.807) is 48.5 Å². The third-order valence-electron chi connectivity index (χ3n) is 4.00. The highest BCUT2D eigenvalue weighted by atomic mass is 32.2. The Hall–Kier alpha value is -2.18.